The van der Waals surface area contributed by atoms with Crippen LogP contribution in [0.2, 0.25) is 0 Å². The number of fused-ring (bicyclic) bond motifs is 1. The number of aryl methyl sites for hydroxylation is 1. The Morgan fingerprint density at radius 3 is 2.71 bits per heavy atom. The van der Waals surface area contributed by atoms with Gasteiger partial charge < -0.3 is 4.74 Å². The number of rotatable bonds is 6. The summed E-state index contributed by atoms with van der Waals surface area (Å²) in [5.41, 5.74) is 0.430. The molecule has 0 fully saturated rings. The van der Waals surface area contributed by atoms with Crippen LogP contribution in [0.5, 0.6) is 5.75 Å². The first kappa shape index (κ1) is 23.7. The molecule has 1 aromatic heterocycles. The largest absolute Gasteiger partial charge is 0.481 e. The number of nitro groups is 1. The molecule has 3 aromatic carbocycles. The Morgan fingerprint density at radius 1 is 1.21 bits per heavy atom. The molecule has 0 saturated carbocycles. The van der Waals surface area contributed by atoms with E-state index in [4.69, 9.17) is 4.74 Å². The summed E-state index contributed by atoms with van der Waals surface area (Å²) < 4.78 is 21.6. The number of nitro benzene ring substituents is 1. The van der Waals surface area contributed by atoms with Gasteiger partial charge in [-0.25, -0.2) is 9.37 Å². The third kappa shape index (κ3) is 4.90. The monoisotopic (exact) mass is 588 g/mol. The lowest BCUT2D eigenvalue weighted by atomic mass is 10.2. The zero-order chi connectivity index (χ0) is 24.4. The fourth-order valence-electron chi connectivity index (χ4n) is 3.24. The molecule has 0 radical (unpaired) electrons. The molecule has 0 unspecified atom stereocenters. The van der Waals surface area contributed by atoms with Gasteiger partial charge in [-0.05, 0) is 53.2 Å². The number of hydrogen-bond donors (Lipinski definition) is 0. The molecule has 0 atom stereocenters. The van der Waals surface area contributed by atoms with Crippen LogP contribution in [0.3, 0.4) is 0 Å². The molecular weight excluding hydrogens is 575 g/mol. The van der Waals surface area contributed by atoms with Crippen molar-refractivity contribution in [2.24, 2.45) is 5.10 Å². The minimum Gasteiger partial charge on any atom is -0.481 e. The van der Waals surface area contributed by atoms with Gasteiger partial charge in [0.15, 0.2) is 0 Å². The second kappa shape index (κ2) is 9.82. The van der Waals surface area contributed by atoms with E-state index in [0.29, 0.717) is 22.3 Å². The van der Waals surface area contributed by atoms with Crippen molar-refractivity contribution < 1.29 is 14.1 Å². The summed E-state index contributed by atoms with van der Waals surface area (Å²) in [7, 11) is 0. The van der Waals surface area contributed by atoms with Gasteiger partial charge in [-0.3, -0.25) is 14.9 Å². The Labute approximate surface area is 209 Å². The first-order valence-electron chi connectivity index (χ1n) is 9.82. The smallest absolute Gasteiger partial charge is 0.312 e. The van der Waals surface area contributed by atoms with Gasteiger partial charge in [0.25, 0.3) is 5.56 Å². The van der Waals surface area contributed by atoms with Crippen molar-refractivity contribution in [3.63, 3.8) is 0 Å². The van der Waals surface area contributed by atoms with Crippen LogP contribution in [0.1, 0.15) is 17.0 Å². The van der Waals surface area contributed by atoms with Gasteiger partial charge in [-0.1, -0.05) is 34.1 Å². The summed E-state index contributed by atoms with van der Waals surface area (Å²) in [5, 5.41) is 16.3. The average Bonchev–Trinajstić information content (AvgIpc) is 2.79. The number of halogens is 3. The van der Waals surface area contributed by atoms with E-state index < -0.39 is 10.7 Å². The number of benzene rings is 3. The summed E-state index contributed by atoms with van der Waals surface area (Å²) in [6, 6.07) is 14.0. The molecule has 0 aliphatic heterocycles. The molecule has 34 heavy (non-hydrogen) atoms. The molecule has 0 amide bonds. The topological polar surface area (TPSA) is 99.6 Å². The highest BCUT2D eigenvalue weighted by Crippen LogP contribution is 2.36. The summed E-state index contributed by atoms with van der Waals surface area (Å²) >= 11 is 6.62. The maximum atomic E-state index is 13.9. The van der Waals surface area contributed by atoms with Crippen LogP contribution in [0.4, 0.5) is 10.1 Å². The van der Waals surface area contributed by atoms with E-state index in [9.17, 15) is 19.3 Å². The first-order chi connectivity index (χ1) is 16.2. The van der Waals surface area contributed by atoms with Gasteiger partial charge in [0.1, 0.15) is 18.2 Å². The van der Waals surface area contributed by atoms with E-state index in [0.717, 1.165) is 9.15 Å². The molecule has 11 heteroatoms. The van der Waals surface area contributed by atoms with Crippen molar-refractivity contribution in [2.45, 2.75) is 13.5 Å². The van der Waals surface area contributed by atoms with Crippen molar-refractivity contribution >= 4 is 54.7 Å². The predicted molar refractivity (Wildman–Crippen MR) is 133 cm³/mol. The third-order valence-electron chi connectivity index (χ3n) is 4.87. The quantitative estimate of drug-likeness (QED) is 0.162. The molecular formula is C23H15Br2FN4O4. The number of ether oxygens (including phenoxy) is 1. The number of nitrogens with zero attached hydrogens (tertiary/aromatic N) is 4. The zero-order valence-corrected chi connectivity index (χ0v) is 20.7. The fourth-order valence-corrected chi connectivity index (χ4v) is 4.18. The second-order valence-corrected chi connectivity index (χ2v) is 8.94. The second-order valence-electron chi connectivity index (χ2n) is 7.17. The van der Waals surface area contributed by atoms with Gasteiger partial charge >= 0.3 is 5.69 Å². The molecule has 4 aromatic rings. The molecule has 8 nitrogen and oxygen atoms in total. The van der Waals surface area contributed by atoms with E-state index in [-0.39, 0.29) is 33.6 Å². The summed E-state index contributed by atoms with van der Waals surface area (Å²) in [5.74, 6) is -0.160. The first-order valence-corrected chi connectivity index (χ1v) is 11.4. The minimum atomic E-state index is -0.606. The van der Waals surface area contributed by atoms with Crippen LogP contribution < -0.4 is 10.3 Å². The van der Waals surface area contributed by atoms with Crippen LogP contribution in [-0.2, 0) is 6.61 Å². The Hall–Kier alpha value is -3.44. The van der Waals surface area contributed by atoms with Gasteiger partial charge in [0, 0.05) is 21.7 Å². The van der Waals surface area contributed by atoms with Gasteiger partial charge in [-0.2, -0.15) is 9.78 Å². The van der Waals surface area contributed by atoms with E-state index in [1.165, 1.54) is 24.4 Å². The molecule has 0 bridgehead atoms. The van der Waals surface area contributed by atoms with Crippen molar-refractivity contribution in [3.8, 4) is 5.75 Å². The van der Waals surface area contributed by atoms with Crippen molar-refractivity contribution in [1.82, 2.24) is 9.66 Å². The Bertz CT molecular complexity index is 1520. The van der Waals surface area contributed by atoms with Crippen molar-refractivity contribution in [3.05, 3.63) is 107 Å². The summed E-state index contributed by atoms with van der Waals surface area (Å²) in [6.45, 7) is 1.45. The SMILES string of the molecule is Cc1nc2ccc(Br)cc2c(=O)n1N=Cc1cc(Br)c(OCc2ccccc2F)c([N+](=O)[O-])c1. The lowest BCUT2D eigenvalue weighted by Crippen LogP contribution is -2.20. The molecule has 4 rings (SSSR count). The molecule has 1 heterocycles. The van der Waals surface area contributed by atoms with Crippen molar-refractivity contribution in [1.29, 1.82) is 0 Å². The summed E-state index contributed by atoms with van der Waals surface area (Å²) in [6.07, 6.45) is 1.32. The summed E-state index contributed by atoms with van der Waals surface area (Å²) in [4.78, 5) is 28.4. The molecule has 0 spiro atoms. The standard InChI is InChI=1S/C23H15Br2FN4O4/c1-13-28-20-7-6-16(24)10-17(20)23(31)29(13)27-11-14-8-18(25)22(21(9-14)30(32)33)34-12-15-4-2-3-5-19(15)26/h2-11H,12H2,1H3. The van der Waals surface area contributed by atoms with E-state index in [2.05, 4.69) is 41.9 Å². The van der Waals surface area contributed by atoms with Crippen LogP contribution in [0, 0.1) is 22.9 Å². The normalized spacial score (nSPS) is 11.3. The average molecular weight is 590 g/mol. The zero-order valence-electron chi connectivity index (χ0n) is 17.5. The highest BCUT2D eigenvalue weighted by molar-refractivity contribution is 9.10. The maximum absolute atomic E-state index is 13.9. The highest BCUT2D eigenvalue weighted by Gasteiger charge is 2.21. The van der Waals surface area contributed by atoms with E-state index in [1.807, 2.05) is 0 Å². The third-order valence-corrected chi connectivity index (χ3v) is 5.95. The van der Waals surface area contributed by atoms with Gasteiger partial charge in [0.05, 0.1) is 26.5 Å². The fraction of sp³-hybridized carbons (Fsp3) is 0.0870. The van der Waals surface area contributed by atoms with E-state index >= 15 is 0 Å². The minimum absolute atomic E-state index is 0.0454. The molecule has 172 valence electrons. The maximum Gasteiger partial charge on any atom is 0.312 e. The number of hydrogen-bond acceptors (Lipinski definition) is 6. The molecule has 0 N–H and O–H groups in total. The predicted octanol–water partition coefficient (Wildman–Crippen LogP) is 5.74. The lowest BCUT2D eigenvalue weighted by Gasteiger charge is -2.10. The number of aromatic nitrogens is 2. The molecule has 0 saturated heterocycles. The van der Waals surface area contributed by atoms with E-state index in [1.54, 1.807) is 43.3 Å². The Kier molecular flexibility index (Phi) is 6.85. The van der Waals surface area contributed by atoms with Crippen LogP contribution in [-0.4, -0.2) is 20.8 Å². The van der Waals surface area contributed by atoms with Crippen molar-refractivity contribution in [2.75, 3.05) is 0 Å². The van der Waals surface area contributed by atoms with Crippen LogP contribution in [0.25, 0.3) is 10.9 Å². The van der Waals surface area contributed by atoms with Crippen LogP contribution >= 0.6 is 31.9 Å². The molecule has 0 aliphatic rings. The highest BCUT2D eigenvalue weighted by atomic mass is 79.9. The van der Waals surface area contributed by atoms with Gasteiger partial charge in [0.2, 0.25) is 5.75 Å². The Balaban J connectivity index is 1.69. The van der Waals surface area contributed by atoms with Crippen LogP contribution in [0.15, 0.2) is 73.4 Å². The Morgan fingerprint density at radius 2 is 1.97 bits per heavy atom. The lowest BCUT2D eigenvalue weighted by molar-refractivity contribution is -0.386. The van der Waals surface area contributed by atoms with Gasteiger partial charge in [-0.15, -0.1) is 0 Å². The molecule has 0 aliphatic carbocycles.